The molecular weight excluding hydrogens is 350 g/mol. The van der Waals surface area contributed by atoms with Gasteiger partial charge in [-0.25, -0.2) is 25.9 Å². The van der Waals surface area contributed by atoms with Crippen molar-refractivity contribution in [2.75, 3.05) is 46.5 Å². The van der Waals surface area contributed by atoms with Crippen LogP contribution in [0.3, 0.4) is 0 Å². The van der Waals surface area contributed by atoms with Gasteiger partial charge in [-0.2, -0.15) is 0 Å². The Bertz CT molecular complexity index is 731. The average Bonchev–Trinajstić information content (AvgIpc) is 2.44. The smallest absolute Gasteiger partial charge is 0.240 e. The Balaban J connectivity index is 2.66. The summed E-state index contributed by atoms with van der Waals surface area (Å²) in [5.74, 6) is 0. The first-order valence-corrected chi connectivity index (χ1v) is 11.0. The lowest BCUT2D eigenvalue weighted by molar-refractivity contribution is 0.352. The van der Waals surface area contributed by atoms with Crippen LogP contribution in [0.15, 0.2) is 29.2 Å². The van der Waals surface area contributed by atoms with Gasteiger partial charge < -0.3 is 4.90 Å². The third-order valence-corrected chi connectivity index (χ3v) is 6.44. The zero-order valence-electron chi connectivity index (χ0n) is 14.7. The van der Waals surface area contributed by atoms with Crippen LogP contribution in [0.4, 0.5) is 0 Å². The van der Waals surface area contributed by atoms with Crippen molar-refractivity contribution in [3.05, 3.63) is 29.8 Å². The predicted molar refractivity (Wildman–Crippen MR) is 96.0 cm³/mol. The first-order chi connectivity index (χ1) is 11.0. The molecule has 1 N–H and O–H groups in total. The van der Waals surface area contributed by atoms with Gasteiger partial charge in [-0.05, 0) is 45.6 Å². The molecule has 7 nitrogen and oxygen atoms in total. The van der Waals surface area contributed by atoms with E-state index in [0.717, 1.165) is 12.8 Å². The van der Waals surface area contributed by atoms with E-state index < -0.39 is 20.0 Å². The lowest BCUT2D eigenvalue weighted by atomic mass is 10.2. The Kier molecular flexibility index (Phi) is 7.81. The summed E-state index contributed by atoms with van der Waals surface area (Å²) in [4.78, 5) is 2.19. The fraction of sp³-hybridized carbons (Fsp3) is 0.600. The highest BCUT2D eigenvalue weighted by Crippen LogP contribution is 2.13. The molecule has 0 spiro atoms. The van der Waals surface area contributed by atoms with Crippen molar-refractivity contribution in [2.45, 2.75) is 18.2 Å². The Morgan fingerprint density at radius 2 is 1.62 bits per heavy atom. The van der Waals surface area contributed by atoms with Gasteiger partial charge in [0.1, 0.15) is 0 Å². The molecule has 0 aromatic heterocycles. The molecule has 9 heteroatoms. The molecule has 0 saturated heterocycles. The monoisotopic (exact) mass is 377 g/mol. The van der Waals surface area contributed by atoms with E-state index in [1.165, 1.54) is 10.4 Å². The molecule has 0 aliphatic rings. The lowest BCUT2D eigenvalue weighted by Crippen LogP contribution is -2.39. The van der Waals surface area contributed by atoms with Crippen LogP contribution in [-0.2, 0) is 20.0 Å². The molecule has 0 unspecified atom stereocenters. The average molecular weight is 378 g/mol. The van der Waals surface area contributed by atoms with Crippen molar-refractivity contribution < 1.29 is 16.8 Å². The number of nitrogens with one attached hydrogen (secondary N) is 1. The van der Waals surface area contributed by atoms with E-state index in [-0.39, 0.29) is 18.0 Å². The Morgan fingerprint density at radius 1 is 1.00 bits per heavy atom. The van der Waals surface area contributed by atoms with Gasteiger partial charge >= 0.3 is 0 Å². The molecule has 0 bridgehead atoms. The Labute approximate surface area is 145 Å². The Morgan fingerprint density at radius 3 is 2.17 bits per heavy atom. The highest BCUT2D eigenvalue weighted by molar-refractivity contribution is 7.89. The third kappa shape index (κ3) is 6.86. The number of aryl methyl sites for hydroxylation is 1. The number of benzene rings is 1. The molecule has 1 aromatic carbocycles. The second kappa shape index (κ2) is 8.91. The normalized spacial score (nSPS) is 12.9. The van der Waals surface area contributed by atoms with E-state index in [1.54, 1.807) is 25.1 Å². The van der Waals surface area contributed by atoms with Gasteiger partial charge in [-0.3, -0.25) is 0 Å². The maximum absolute atomic E-state index is 12.3. The van der Waals surface area contributed by atoms with Gasteiger partial charge in [0, 0.05) is 19.6 Å². The van der Waals surface area contributed by atoms with Crippen LogP contribution in [0.25, 0.3) is 0 Å². The summed E-state index contributed by atoms with van der Waals surface area (Å²) in [6, 6.07) is 6.68. The molecule has 0 fully saturated rings. The quantitative estimate of drug-likeness (QED) is 0.641. The molecule has 0 amide bonds. The molecule has 1 aromatic rings. The predicted octanol–water partition coefficient (Wildman–Crippen LogP) is 0.487. The van der Waals surface area contributed by atoms with Crippen LogP contribution in [0.5, 0.6) is 0 Å². The first-order valence-electron chi connectivity index (χ1n) is 7.69. The molecule has 0 saturated carbocycles. The first kappa shape index (κ1) is 21.0. The van der Waals surface area contributed by atoms with E-state index >= 15 is 0 Å². The van der Waals surface area contributed by atoms with Crippen molar-refractivity contribution in [2.24, 2.45) is 0 Å². The molecule has 24 heavy (non-hydrogen) atoms. The van der Waals surface area contributed by atoms with Crippen LogP contribution >= 0.6 is 0 Å². The second-order valence-corrected chi connectivity index (χ2v) is 9.70. The second-order valence-electron chi connectivity index (χ2n) is 5.98. The van der Waals surface area contributed by atoms with Crippen molar-refractivity contribution in [1.82, 2.24) is 13.9 Å². The van der Waals surface area contributed by atoms with Gasteiger partial charge in [-0.1, -0.05) is 18.2 Å². The maximum Gasteiger partial charge on any atom is 0.240 e. The van der Waals surface area contributed by atoms with Gasteiger partial charge in [0.05, 0.1) is 11.2 Å². The summed E-state index contributed by atoms with van der Waals surface area (Å²) >= 11 is 0. The number of hydrogen-bond acceptors (Lipinski definition) is 5. The van der Waals surface area contributed by atoms with Crippen molar-refractivity contribution in [3.63, 3.8) is 0 Å². The molecule has 0 heterocycles. The minimum absolute atomic E-state index is 0.0334. The molecule has 1 rings (SSSR count). The number of sulfonamides is 2. The van der Waals surface area contributed by atoms with Gasteiger partial charge in [-0.15, -0.1) is 0 Å². The molecule has 138 valence electrons. The Hall–Kier alpha value is -1.00. The van der Waals surface area contributed by atoms with E-state index in [2.05, 4.69) is 4.72 Å². The largest absolute Gasteiger partial charge is 0.309 e. The van der Waals surface area contributed by atoms with E-state index in [4.69, 9.17) is 0 Å². The summed E-state index contributed by atoms with van der Waals surface area (Å²) < 4.78 is 52.0. The topological polar surface area (TPSA) is 86.8 Å². The van der Waals surface area contributed by atoms with Crippen LogP contribution in [0, 0.1) is 6.92 Å². The van der Waals surface area contributed by atoms with Crippen molar-refractivity contribution in [3.8, 4) is 0 Å². The van der Waals surface area contributed by atoms with Gasteiger partial charge in [0.15, 0.2) is 0 Å². The van der Waals surface area contributed by atoms with Crippen LogP contribution < -0.4 is 4.72 Å². The minimum atomic E-state index is -3.65. The van der Waals surface area contributed by atoms with Crippen LogP contribution in [0.1, 0.15) is 12.0 Å². The third-order valence-electron chi connectivity index (χ3n) is 3.52. The van der Waals surface area contributed by atoms with Crippen molar-refractivity contribution >= 4 is 20.0 Å². The maximum atomic E-state index is 12.3. The van der Waals surface area contributed by atoms with Crippen LogP contribution in [-0.4, -0.2) is 72.6 Å². The molecule has 0 aliphatic carbocycles. The zero-order chi connectivity index (χ0) is 18.4. The molecule has 0 atom stereocenters. The summed E-state index contributed by atoms with van der Waals surface area (Å²) in [5, 5.41) is 0. The highest BCUT2D eigenvalue weighted by Gasteiger charge is 2.19. The molecule has 0 radical (unpaired) electrons. The highest BCUT2D eigenvalue weighted by atomic mass is 32.2. The summed E-state index contributed by atoms with van der Waals surface area (Å²) in [6.45, 7) is 2.99. The number of nitrogens with zero attached hydrogens (tertiary/aromatic N) is 2. The van der Waals surface area contributed by atoms with Gasteiger partial charge in [0.2, 0.25) is 20.0 Å². The summed E-state index contributed by atoms with van der Waals surface area (Å²) in [5.41, 5.74) is 0.649. The fourth-order valence-corrected chi connectivity index (χ4v) is 4.40. The summed E-state index contributed by atoms with van der Waals surface area (Å²) in [6.07, 6.45) is 1.82. The van der Waals surface area contributed by atoms with Crippen molar-refractivity contribution in [1.29, 1.82) is 0 Å². The molecule has 0 aliphatic heterocycles. The minimum Gasteiger partial charge on any atom is -0.309 e. The SMILES string of the molecule is Cc1ccccc1S(=O)(=O)NCCN(CCCN(C)C)S(C)(=O)=O. The van der Waals surface area contributed by atoms with Gasteiger partial charge in [0.25, 0.3) is 0 Å². The number of rotatable bonds is 10. The molecular formula is C15H27N3O4S2. The standard InChI is InChI=1S/C15H27N3O4S2/c1-14-8-5-6-9-15(14)24(21,22)16-10-13-18(23(4,19)20)12-7-11-17(2)3/h5-6,8-9,16H,7,10-13H2,1-4H3. The summed E-state index contributed by atoms with van der Waals surface area (Å²) in [7, 11) is -3.18. The van der Waals surface area contributed by atoms with E-state index in [0.29, 0.717) is 18.5 Å². The van der Waals surface area contributed by atoms with E-state index in [1.807, 2.05) is 19.0 Å². The zero-order valence-corrected chi connectivity index (χ0v) is 16.3. The fourth-order valence-electron chi connectivity index (χ4n) is 2.25. The number of hydrogen-bond donors (Lipinski definition) is 1. The van der Waals surface area contributed by atoms with E-state index in [9.17, 15) is 16.8 Å². The lowest BCUT2D eigenvalue weighted by Gasteiger charge is -2.21. The van der Waals surface area contributed by atoms with Crippen LogP contribution in [0.2, 0.25) is 0 Å².